The fourth-order valence-electron chi connectivity index (χ4n) is 2.28. The van der Waals surface area contributed by atoms with Gasteiger partial charge in [0.25, 0.3) is 6.43 Å². The largest absolute Gasteiger partial charge is 0.348 e. The van der Waals surface area contributed by atoms with E-state index in [9.17, 15) is 8.78 Å². The van der Waals surface area contributed by atoms with E-state index in [2.05, 4.69) is 0 Å². The Kier molecular flexibility index (Phi) is 3.15. The predicted octanol–water partition coefficient (Wildman–Crippen LogP) is 3.01. The summed E-state index contributed by atoms with van der Waals surface area (Å²) in [6, 6.07) is 7.81. The van der Waals surface area contributed by atoms with Crippen molar-refractivity contribution in [2.24, 2.45) is 12.8 Å². The molecule has 2 nitrogen and oxygen atoms in total. The number of para-hydroxylation sites is 1. The first-order valence-corrected chi connectivity index (χ1v) is 5.94. The molecule has 0 bridgehead atoms. The van der Waals surface area contributed by atoms with Gasteiger partial charge in [-0.1, -0.05) is 18.2 Å². The number of nitrogens with zero attached hydrogens (tertiary/aromatic N) is 1. The number of aromatic nitrogens is 1. The van der Waals surface area contributed by atoms with Crippen LogP contribution in [0, 0.1) is 6.92 Å². The van der Waals surface area contributed by atoms with Gasteiger partial charge >= 0.3 is 0 Å². The lowest BCUT2D eigenvalue weighted by Gasteiger charge is -2.23. The maximum Gasteiger partial charge on any atom is 0.256 e. The predicted molar refractivity (Wildman–Crippen MR) is 70.0 cm³/mol. The summed E-state index contributed by atoms with van der Waals surface area (Å²) < 4.78 is 27.8. The molecule has 0 spiro atoms. The van der Waals surface area contributed by atoms with Crippen molar-refractivity contribution in [1.82, 2.24) is 4.57 Å². The molecular formula is C14H18F2N2. The number of rotatable bonds is 3. The van der Waals surface area contributed by atoms with Gasteiger partial charge in [0.1, 0.15) is 0 Å². The minimum atomic E-state index is -2.53. The van der Waals surface area contributed by atoms with Crippen LogP contribution in [0.25, 0.3) is 10.9 Å². The standard InChI is InChI=1S/C14H18F2N2/c1-9-11(8-14(2,17)13(15)16)10-6-4-5-7-12(10)18(9)3/h4-7,13H,8,17H2,1-3H3. The fraction of sp³-hybridized carbons (Fsp3) is 0.429. The molecule has 2 rings (SSSR count). The third kappa shape index (κ3) is 2.01. The Balaban J connectivity index is 2.55. The SMILES string of the molecule is Cc1c(CC(C)(N)C(F)F)c2ccccc2n1C. The molecule has 18 heavy (non-hydrogen) atoms. The molecule has 0 aliphatic carbocycles. The summed E-state index contributed by atoms with van der Waals surface area (Å²) >= 11 is 0. The molecule has 2 aromatic rings. The second-order valence-corrected chi connectivity index (χ2v) is 5.12. The number of hydrogen-bond donors (Lipinski definition) is 1. The van der Waals surface area contributed by atoms with Crippen LogP contribution in [-0.2, 0) is 13.5 Å². The lowest BCUT2D eigenvalue weighted by Crippen LogP contribution is -2.46. The summed E-state index contributed by atoms with van der Waals surface area (Å²) in [5.74, 6) is 0. The molecule has 1 unspecified atom stereocenters. The van der Waals surface area contributed by atoms with Crippen LogP contribution >= 0.6 is 0 Å². The van der Waals surface area contributed by atoms with Crippen molar-refractivity contribution in [3.8, 4) is 0 Å². The highest BCUT2D eigenvalue weighted by Crippen LogP contribution is 2.29. The molecule has 2 N–H and O–H groups in total. The van der Waals surface area contributed by atoms with E-state index in [-0.39, 0.29) is 6.42 Å². The smallest absolute Gasteiger partial charge is 0.256 e. The minimum absolute atomic E-state index is 0.178. The average Bonchev–Trinajstić information content (AvgIpc) is 2.55. The average molecular weight is 252 g/mol. The van der Waals surface area contributed by atoms with E-state index in [1.165, 1.54) is 6.92 Å². The van der Waals surface area contributed by atoms with E-state index in [0.717, 1.165) is 22.2 Å². The van der Waals surface area contributed by atoms with Crippen molar-refractivity contribution >= 4 is 10.9 Å². The normalized spacial score (nSPS) is 15.3. The molecule has 0 saturated heterocycles. The highest BCUT2D eigenvalue weighted by molar-refractivity contribution is 5.85. The van der Waals surface area contributed by atoms with Gasteiger partial charge in [0, 0.05) is 23.6 Å². The van der Waals surface area contributed by atoms with Crippen LogP contribution in [-0.4, -0.2) is 16.5 Å². The Morgan fingerprint density at radius 2 is 1.94 bits per heavy atom. The van der Waals surface area contributed by atoms with E-state index < -0.39 is 12.0 Å². The molecule has 0 aliphatic rings. The van der Waals surface area contributed by atoms with Gasteiger partial charge in [-0.2, -0.15) is 0 Å². The van der Waals surface area contributed by atoms with Crippen molar-refractivity contribution in [3.63, 3.8) is 0 Å². The minimum Gasteiger partial charge on any atom is -0.348 e. The number of benzene rings is 1. The number of fused-ring (bicyclic) bond motifs is 1. The van der Waals surface area contributed by atoms with Crippen LogP contribution in [0.3, 0.4) is 0 Å². The summed E-state index contributed by atoms with van der Waals surface area (Å²) in [6.07, 6.45) is -2.35. The first kappa shape index (κ1) is 13.0. The quantitative estimate of drug-likeness (QED) is 0.894. The molecule has 1 aromatic heterocycles. The molecule has 4 heteroatoms. The van der Waals surface area contributed by atoms with E-state index in [0.29, 0.717) is 0 Å². The zero-order valence-corrected chi connectivity index (χ0v) is 10.9. The topological polar surface area (TPSA) is 30.9 Å². The molecule has 0 aliphatic heterocycles. The maximum absolute atomic E-state index is 12.9. The molecule has 1 heterocycles. The highest BCUT2D eigenvalue weighted by atomic mass is 19.3. The Morgan fingerprint density at radius 1 is 1.33 bits per heavy atom. The monoisotopic (exact) mass is 252 g/mol. The summed E-state index contributed by atoms with van der Waals surface area (Å²) in [5.41, 5.74) is 7.17. The molecule has 0 saturated carbocycles. The summed E-state index contributed by atoms with van der Waals surface area (Å²) in [7, 11) is 1.94. The van der Waals surface area contributed by atoms with Crippen molar-refractivity contribution in [3.05, 3.63) is 35.5 Å². The first-order chi connectivity index (χ1) is 8.34. The zero-order chi connectivity index (χ0) is 13.5. The van der Waals surface area contributed by atoms with Crippen molar-refractivity contribution in [1.29, 1.82) is 0 Å². The zero-order valence-electron chi connectivity index (χ0n) is 10.9. The van der Waals surface area contributed by atoms with Crippen molar-refractivity contribution < 1.29 is 8.78 Å². The van der Waals surface area contributed by atoms with Crippen LogP contribution < -0.4 is 5.73 Å². The lowest BCUT2D eigenvalue weighted by molar-refractivity contribution is 0.0640. The van der Waals surface area contributed by atoms with E-state index in [4.69, 9.17) is 5.73 Å². The summed E-state index contributed by atoms with van der Waals surface area (Å²) in [4.78, 5) is 0. The van der Waals surface area contributed by atoms with Crippen molar-refractivity contribution in [2.45, 2.75) is 32.2 Å². The molecule has 98 valence electrons. The van der Waals surface area contributed by atoms with Gasteiger partial charge in [-0.25, -0.2) is 8.78 Å². The van der Waals surface area contributed by atoms with Crippen LogP contribution in [0.15, 0.2) is 24.3 Å². The van der Waals surface area contributed by atoms with Gasteiger partial charge in [0.05, 0.1) is 5.54 Å². The van der Waals surface area contributed by atoms with Crippen LogP contribution in [0.2, 0.25) is 0 Å². The van der Waals surface area contributed by atoms with Gasteiger partial charge in [-0.05, 0) is 31.9 Å². The molecule has 0 fully saturated rings. The molecule has 1 atom stereocenters. The van der Waals surface area contributed by atoms with Gasteiger partial charge in [0.15, 0.2) is 0 Å². The number of alkyl halides is 2. The first-order valence-electron chi connectivity index (χ1n) is 5.94. The Bertz CT molecular complexity index is 570. The van der Waals surface area contributed by atoms with Crippen LogP contribution in [0.1, 0.15) is 18.2 Å². The maximum atomic E-state index is 12.9. The fourth-order valence-corrected chi connectivity index (χ4v) is 2.28. The number of aryl methyl sites for hydroxylation is 1. The van der Waals surface area contributed by atoms with E-state index in [1.54, 1.807) is 0 Å². The Hall–Kier alpha value is -1.42. The van der Waals surface area contributed by atoms with Crippen LogP contribution in [0.4, 0.5) is 8.78 Å². The van der Waals surface area contributed by atoms with E-state index in [1.807, 2.05) is 42.8 Å². The number of nitrogens with two attached hydrogens (primary N) is 1. The molecule has 0 amide bonds. The molecular weight excluding hydrogens is 234 g/mol. The van der Waals surface area contributed by atoms with Crippen molar-refractivity contribution in [2.75, 3.05) is 0 Å². The Labute approximate surface area is 105 Å². The van der Waals surface area contributed by atoms with Gasteiger partial charge in [0.2, 0.25) is 0 Å². The van der Waals surface area contributed by atoms with E-state index >= 15 is 0 Å². The summed E-state index contributed by atoms with van der Waals surface area (Å²) in [6.45, 7) is 3.34. The highest BCUT2D eigenvalue weighted by Gasteiger charge is 2.32. The van der Waals surface area contributed by atoms with Gasteiger partial charge in [-0.15, -0.1) is 0 Å². The van der Waals surface area contributed by atoms with Crippen LogP contribution in [0.5, 0.6) is 0 Å². The number of hydrogen-bond acceptors (Lipinski definition) is 1. The summed E-state index contributed by atoms with van der Waals surface area (Å²) in [5, 5.41) is 1.01. The second-order valence-electron chi connectivity index (χ2n) is 5.12. The lowest BCUT2D eigenvalue weighted by atomic mass is 9.93. The van der Waals surface area contributed by atoms with Gasteiger partial charge in [-0.3, -0.25) is 0 Å². The Morgan fingerprint density at radius 3 is 2.56 bits per heavy atom. The third-order valence-corrected chi connectivity index (χ3v) is 3.59. The second kappa shape index (κ2) is 4.35. The van der Waals surface area contributed by atoms with Gasteiger partial charge < -0.3 is 10.3 Å². The number of halogens is 2. The molecule has 1 aromatic carbocycles. The molecule has 0 radical (unpaired) electrons. The third-order valence-electron chi connectivity index (χ3n) is 3.59.